The Morgan fingerprint density at radius 1 is 1.40 bits per heavy atom. The van der Waals surface area contributed by atoms with Crippen molar-refractivity contribution in [3.05, 3.63) is 36.4 Å². The van der Waals surface area contributed by atoms with E-state index in [1.807, 2.05) is 16.8 Å². The largest absolute Gasteiger partial charge is 0.507 e. The number of aromatic hydroxyl groups is 1. The molecule has 3 rings (SSSR count). The number of aromatic nitrogens is 2. The monoisotopic (exact) mass is 275 g/mol. The molecule has 0 bridgehead atoms. The molecule has 2 aromatic rings. The molecule has 0 saturated carbocycles. The van der Waals surface area contributed by atoms with Gasteiger partial charge in [0.15, 0.2) is 11.5 Å². The summed E-state index contributed by atoms with van der Waals surface area (Å²) < 4.78 is 12.5. The van der Waals surface area contributed by atoms with Gasteiger partial charge in [0.1, 0.15) is 5.75 Å². The molecule has 6 heteroatoms. The zero-order chi connectivity index (χ0) is 13.9. The first kappa shape index (κ1) is 12.8. The van der Waals surface area contributed by atoms with E-state index in [0.29, 0.717) is 18.0 Å². The standard InChI is InChI=1S/C14H17N3O3/c1-10(7-17-3-2-15-8-17)16-6-11-4-13-14(5-12(11)18)20-9-19-13/h2-5,8,10,16,18H,6-7,9H2,1H3. The number of fused-ring (bicyclic) bond motifs is 1. The third kappa shape index (κ3) is 2.70. The second kappa shape index (κ2) is 5.42. The van der Waals surface area contributed by atoms with E-state index in [1.54, 1.807) is 18.6 Å². The van der Waals surface area contributed by atoms with Crippen molar-refractivity contribution >= 4 is 0 Å². The van der Waals surface area contributed by atoms with Crippen molar-refractivity contribution in [1.29, 1.82) is 0 Å². The van der Waals surface area contributed by atoms with Crippen molar-refractivity contribution in [2.75, 3.05) is 6.79 Å². The summed E-state index contributed by atoms with van der Waals surface area (Å²) >= 11 is 0. The fourth-order valence-corrected chi connectivity index (χ4v) is 2.17. The zero-order valence-corrected chi connectivity index (χ0v) is 11.2. The van der Waals surface area contributed by atoms with Gasteiger partial charge in [-0.15, -0.1) is 0 Å². The van der Waals surface area contributed by atoms with Crippen LogP contribution >= 0.6 is 0 Å². The zero-order valence-electron chi connectivity index (χ0n) is 11.2. The highest BCUT2D eigenvalue weighted by Gasteiger charge is 2.17. The molecule has 0 amide bonds. The van der Waals surface area contributed by atoms with Crippen LogP contribution in [0.5, 0.6) is 17.2 Å². The maximum atomic E-state index is 9.95. The van der Waals surface area contributed by atoms with Crippen molar-refractivity contribution in [1.82, 2.24) is 14.9 Å². The van der Waals surface area contributed by atoms with Crippen LogP contribution in [0.25, 0.3) is 0 Å². The van der Waals surface area contributed by atoms with Crippen LogP contribution in [0.4, 0.5) is 0 Å². The highest BCUT2D eigenvalue weighted by atomic mass is 16.7. The SMILES string of the molecule is CC(Cn1ccnc1)NCc1cc2c(cc1O)OCO2. The lowest BCUT2D eigenvalue weighted by Gasteiger charge is -2.15. The Bertz CT molecular complexity index is 584. The Morgan fingerprint density at radius 2 is 2.20 bits per heavy atom. The molecular formula is C14H17N3O3. The van der Waals surface area contributed by atoms with Crippen molar-refractivity contribution in [2.45, 2.75) is 26.1 Å². The Balaban J connectivity index is 1.60. The third-order valence-corrected chi connectivity index (χ3v) is 3.26. The van der Waals surface area contributed by atoms with Crippen molar-refractivity contribution in [2.24, 2.45) is 0 Å². The number of phenolic OH excluding ortho intramolecular Hbond substituents is 1. The van der Waals surface area contributed by atoms with Gasteiger partial charge < -0.3 is 24.5 Å². The average molecular weight is 275 g/mol. The topological polar surface area (TPSA) is 68.5 Å². The van der Waals surface area contributed by atoms with Crippen LogP contribution in [0.2, 0.25) is 0 Å². The molecule has 0 radical (unpaired) electrons. The van der Waals surface area contributed by atoms with E-state index >= 15 is 0 Å². The summed E-state index contributed by atoms with van der Waals surface area (Å²) in [6.07, 6.45) is 5.48. The summed E-state index contributed by atoms with van der Waals surface area (Å²) in [4.78, 5) is 4.01. The lowest BCUT2D eigenvalue weighted by Crippen LogP contribution is -2.29. The molecule has 2 N–H and O–H groups in total. The number of rotatable bonds is 5. The summed E-state index contributed by atoms with van der Waals surface area (Å²) in [6, 6.07) is 3.67. The first-order valence-corrected chi connectivity index (χ1v) is 6.53. The van der Waals surface area contributed by atoms with Gasteiger partial charge in [-0.05, 0) is 13.0 Å². The second-order valence-corrected chi connectivity index (χ2v) is 4.88. The highest BCUT2D eigenvalue weighted by Crippen LogP contribution is 2.37. The molecule has 1 aromatic heterocycles. The third-order valence-electron chi connectivity index (χ3n) is 3.26. The van der Waals surface area contributed by atoms with Crippen molar-refractivity contribution in [3.63, 3.8) is 0 Å². The van der Waals surface area contributed by atoms with Gasteiger partial charge in [-0.1, -0.05) is 0 Å². The number of nitrogens with one attached hydrogen (secondary N) is 1. The number of hydrogen-bond donors (Lipinski definition) is 2. The Labute approximate surface area is 117 Å². The summed E-state index contributed by atoms with van der Waals surface area (Å²) in [7, 11) is 0. The maximum Gasteiger partial charge on any atom is 0.231 e. The maximum absolute atomic E-state index is 9.95. The predicted molar refractivity (Wildman–Crippen MR) is 72.8 cm³/mol. The number of benzene rings is 1. The van der Waals surface area contributed by atoms with Crippen LogP contribution in [0.3, 0.4) is 0 Å². The van der Waals surface area contributed by atoms with Crippen molar-refractivity contribution in [3.8, 4) is 17.2 Å². The van der Waals surface area contributed by atoms with Gasteiger partial charge >= 0.3 is 0 Å². The summed E-state index contributed by atoms with van der Waals surface area (Å²) in [6.45, 7) is 3.69. The molecule has 1 aliphatic rings. The minimum absolute atomic E-state index is 0.211. The Hall–Kier alpha value is -2.21. The molecule has 1 aromatic carbocycles. The quantitative estimate of drug-likeness (QED) is 0.865. The molecule has 2 heterocycles. The van der Waals surface area contributed by atoms with E-state index in [0.717, 1.165) is 12.1 Å². The average Bonchev–Trinajstić information content (AvgIpc) is 3.06. The van der Waals surface area contributed by atoms with Crippen molar-refractivity contribution < 1.29 is 14.6 Å². The minimum Gasteiger partial charge on any atom is -0.507 e. The molecule has 0 aliphatic carbocycles. The van der Waals surface area contributed by atoms with E-state index in [-0.39, 0.29) is 18.6 Å². The molecular weight excluding hydrogens is 258 g/mol. The van der Waals surface area contributed by atoms with Crippen LogP contribution in [0, 0.1) is 0 Å². The molecule has 6 nitrogen and oxygen atoms in total. The van der Waals surface area contributed by atoms with Crippen LogP contribution in [0.1, 0.15) is 12.5 Å². The van der Waals surface area contributed by atoms with Gasteiger partial charge in [-0.2, -0.15) is 0 Å². The molecule has 0 saturated heterocycles. The summed E-state index contributed by atoms with van der Waals surface area (Å²) in [5.74, 6) is 1.50. The lowest BCUT2D eigenvalue weighted by atomic mass is 10.1. The van der Waals surface area contributed by atoms with Crippen LogP contribution in [-0.2, 0) is 13.1 Å². The van der Waals surface area contributed by atoms with E-state index in [1.165, 1.54) is 0 Å². The minimum atomic E-state index is 0.211. The highest BCUT2D eigenvalue weighted by molar-refractivity contribution is 5.51. The smallest absolute Gasteiger partial charge is 0.231 e. The van der Waals surface area contributed by atoms with E-state index in [2.05, 4.69) is 17.2 Å². The molecule has 0 spiro atoms. The number of hydrogen-bond acceptors (Lipinski definition) is 5. The van der Waals surface area contributed by atoms with Gasteiger partial charge in [0.25, 0.3) is 0 Å². The number of phenols is 1. The van der Waals surface area contributed by atoms with E-state index in [9.17, 15) is 5.11 Å². The van der Waals surface area contributed by atoms with Gasteiger partial charge in [0, 0.05) is 43.2 Å². The fourth-order valence-electron chi connectivity index (χ4n) is 2.17. The summed E-state index contributed by atoms with van der Waals surface area (Å²) in [5, 5.41) is 13.3. The van der Waals surface area contributed by atoms with E-state index in [4.69, 9.17) is 9.47 Å². The molecule has 20 heavy (non-hydrogen) atoms. The number of imidazole rings is 1. The normalized spacial score (nSPS) is 14.4. The summed E-state index contributed by atoms with van der Waals surface area (Å²) in [5.41, 5.74) is 0.798. The van der Waals surface area contributed by atoms with Crippen LogP contribution in [-0.4, -0.2) is 27.5 Å². The Morgan fingerprint density at radius 3 is 2.95 bits per heavy atom. The lowest BCUT2D eigenvalue weighted by molar-refractivity contribution is 0.174. The molecule has 1 unspecified atom stereocenters. The molecule has 106 valence electrons. The van der Waals surface area contributed by atoms with Gasteiger partial charge in [0.2, 0.25) is 6.79 Å². The van der Waals surface area contributed by atoms with Crippen LogP contribution < -0.4 is 14.8 Å². The molecule has 0 fully saturated rings. The molecule has 1 aliphatic heterocycles. The van der Waals surface area contributed by atoms with Crippen LogP contribution in [0.15, 0.2) is 30.9 Å². The van der Waals surface area contributed by atoms with E-state index < -0.39 is 0 Å². The van der Waals surface area contributed by atoms with Gasteiger partial charge in [0.05, 0.1) is 6.33 Å². The number of nitrogens with zero attached hydrogens (tertiary/aromatic N) is 2. The fraction of sp³-hybridized carbons (Fsp3) is 0.357. The first-order chi connectivity index (χ1) is 9.72. The second-order valence-electron chi connectivity index (χ2n) is 4.88. The van der Waals surface area contributed by atoms with Gasteiger partial charge in [-0.25, -0.2) is 4.98 Å². The first-order valence-electron chi connectivity index (χ1n) is 6.53. The predicted octanol–water partition coefficient (Wildman–Crippen LogP) is 1.50. The van der Waals surface area contributed by atoms with Gasteiger partial charge in [-0.3, -0.25) is 0 Å². The Kier molecular flexibility index (Phi) is 3.47. The number of ether oxygens (including phenoxy) is 2. The molecule has 1 atom stereocenters.